The summed E-state index contributed by atoms with van der Waals surface area (Å²) in [6.45, 7) is 4.76. The Kier molecular flexibility index (Phi) is 4.37. The number of nitrogens with zero attached hydrogens (tertiary/aromatic N) is 2. The molecule has 0 aromatic carbocycles. The van der Waals surface area contributed by atoms with Gasteiger partial charge in [-0.05, 0) is 32.9 Å². The highest BCUT2D eigenvalue weighted by Gasteiger charge is 2.21. The number of pyridine rings is 1. The molecular formula is C14H22N4O. The fourth-order valence-electron chi connectivity index (χ4n) is 2.53. The van der Waals surface area contributed by atoms with E-state index in [9.17, 15) is 0 Å². The summed E-state index contributed by atoms with van der Waals surface area (Å²) in [6, 6.07) is 3.93. The van der Waals surface area contributed by atoms with Crippen LogP contribution in [0.3, 0.4) is 0 Å². The number of ether oxygens (including phenoxy) is 1. The molecule has 1 saturated heterocycles. The third kappa shape index (κ3) is 3.67. The number of hydrogen-bond donors (Lipinski definition) is 2. The van der Waals surface area contributed by atoms with Crippen LogP contribution in [0.5, 0.6) is 5.75 Å². The topological polar surface area (TPSA) is 75.2 Å². The summed E-state index contributed by atoms with van der Waals surface area (Å²) >= 11 is 0. The summed E-state index contributed by atoms with van der Waals surface area (Å²) in [6.07, 6.45) is 1.94. The molecule has 1 aliphatic rings. The van der Waals surface area contributed by atoms with Gasteiger partial charge in [0.2, 0.25) is 0 Å². The Morgan fingerprint density at radius 1 is 1.47 bits per heavy atom. The number of methoxy groups -OCH3 is 1. The molecule has 1 aromatic rings. The maximum absolute atomic E-state index is 7.49. The fraction of sp³-hybridized carbons (Fsp3) is 0.571. The first-order chi connectivity index (χ1) is 9.08. The van der Waals surface area contributed by atoms with Crippen LogP contribution in [0, 0.1) is 18.3 Å². The van der Waals surface area contributed by atoms with E-state index in [2.05, 4.69) is 9.88 Å². The van der Waals surface area contributed by atoms with Gasteiger partial charge < -0.3 is 10.5 Å². The van der Waals surface area contributed by atoms with Crippen molar-refractivity contribution >= 4 is 5.84 Å². The van der Waals surface area contributed by atoms with E-state index in [4.69, 9.17) is 15.9 Å². The van der Waals surface area contributed by atoms with E-state index in [0.29, 0.717) is 5.84 Å². The van der Waals surface area contributed by atoms with Gasteiger partial charge in [0.25, 0.3) is 0 Å². The summed E-state index contributed by atoms with van der Waals surface area (Å²) < 4.78 is 5.27. The molecule has 0 amide bonds. The molecular weight excluding hydrogens is 240 g/mol. The number of rotatable bonds is 4. The second-order valence-corrected chi connectivity index (χ2v) is 5.15. The van der Waals surface area contributed by atoms with Crippen molar-refractivity contribution in [2.75, 3.05) is 20.2 Å². The van der Waals surface area contributed by atoms with E-state index in [0.717, 1.165) is 49.6 Å². The number of amidine groups is 1. The summed E-state index contributed by atoms with van der Waals surface area (Å²) in [5.41, 5.74) is 7.58. The molecule has 0 atom stereocenters. The van der Waals surface area contributed by atoms with Crippen LogP contribution in [0.4, 0.5) is 0 Å². The van der Waals surface area contributed by atoms with E-state index in [-0.39, 0.29) is 5.92 Å². The molecule has 0 spiro atoms. The van der Waals surface area contributed by atoms with E-state index < -0.39 is 0 Å². The van der Waals surface area contributed by atoms with E-state index >= 15 is 0 Å². The highest BCUT2D eigenvalue weighted by molar-refractivity contribution is 5.79. The van der Waals surface area contributed by atoms with E-state index in [1.54, 1.807) is 7.11 Å². The molecule has 1 fully saturated rings. The van der Waals surface area contributed by atoms with Gasteiger partial charge in [-0.2, -0.15) is 0 Å². The van der Waals surface area contributed by atoms with Crippen molar-refractivity contribution in [3.63, 3.8) is 0 Å². The smallest absolute Gasteiger partial charge is 0.122 e. The number of nitrogens with one attached hydrogen (secondary N) is 1. The minimum absolute atomic E-state index is 0.260. The number of aromatic nitrogens is 1. The highest BCUT2D eigenvalue weighted by atomic mass is 16.5. The Balaban J connectivity index is 1.95. The number of aryl methyl sites for hydroxylation is 1. The summed E-state index contributed by atoms with van der Waals surface area (Å²) in [7, 11) is 1.68. The summed E-state index contributed by atoms with van der Waals surface area (Å²) in [4.78, 5) is 6.90. The predicted octanol–water partition coefficient (Wildman–Crippen LogP) is 1.55. The molecule has 2 heterocycles. The normalized spacial score (nSPS) is 17.4. The molecule has 0 saturated carbocycles. The molecule has 1 aromatic heterocycles. The number of nitrogens with two attached hydrogens (primary N) is 1. The molecule has 19 heavy (non-hydrogen) atoms. The van der Waals surface area contributed by atoms with Crippen LogP contribution in [0.15, 0.2) is 12.1 Å². The van der Waals surface area contributed by atoms with Gasteiger partial charge in [0, 0.05) is 30.3 Å². The van der Waals surface area contributed by atoms with Crippen molar-refractivity contribution in [3.05, 3.63) is 23.5 Å². The number of piperidine rings is 1. The lowest BCUT2D eigenvalue weighted by molar-refractivity contribution is 0.199. The third-order valence-electron chi connectivity index (χ3n) is 3.63. The van der Waals surface area contributed by atoms with Crippen molar-refractivity contribution in [3.8, 4) is 5.75 Å². The largest absolute Gasteiger partial charge is 0.497 e. The van der Waals surface area contributed by atoms with Crippen molar-refractivity contribution in [2.45, 2.75) is 26.3 Å². The third-order valence-corrected chi connectivity index (χ3v) is 3.63. The van der Waals surface area contributed by atoms with Crippen molar-refractivity contribution in [1.82, 2.24) is 9.88 Å². The lowest BCUT2D eigenvalue weighted by Crippen LogP contribution is -2.38. The Morgan fingerprint density at radius 2 is 2.16 bits per heavy atom. The number of hydrogen-bond acceptors (Lipinski definition) is 4. The van der Waals surface area contributed by atoms with Crippen molar-refractivity contribution in [2.24, 2.45) is 11.7 Å². The average molecular weight is 262 g/mol. The summed E-state index contributed by atoms with van der Waals surface area (Å²) in [5.74, 6) is 1.45. The lowest BCUT2D eigenvalue weighted by Gasteiger charge is -2.31. The molecule has 0 aliphatic carbocycles. The van der Waals surface area contributed by atoms with Crippen molar-refractivity contribution in [1.29, 1.82) is 5.41 Å². The molecule has 0 radical (unpaired) electrons. The van der Waals surface area contributed by atoms with Crippen LogP contribution in [0.1, 0.15) is 24.2 Å². The SMILES string of the molecule is COc1cc(C)nc(CN2CCC(C(=N)N)CC2)c1. The zero-order valence-electron chi connectivity index (χ0n) is 11.6. The second-order valence-electron chi connectivity index (χ2n) is 5.15. The zero-order chi connectivity index (χ0) is 13.8. The van der Waals surface area contributed by atoms with Gasteiger partial charge in [-0.25, -0.2) is 0 Å². The Labute approximate surface area is 114 Å². The minimum Gasteiger partial charge on any atom is -0.497 e. The molecule has 104 valence electrons. The highest BCUT2D eigenvalue weighted by Crippen LogP contribution is 2.20. The van der Waals surface area contributed by atoms with E-state index in [1.165, 1.54) is 0 Å². The van der Waals surface area contributed by atoms with Gasteiger partial charge in [0.15, 0.2) is 0 Å². The van der Waals surface area contributed by atoms with E-state index in [1.807, 2.05) is 19.1 Å². The molecule has 2 rings (SSSR count). The standard InChI is InChI=1S/C14H22N4O/c1-10-7-13(19-2)8-12(17-10)9-18-5-3-11(4-6-18)14(15)16/h7-8,11H,3-6,9H2,1-2H3,(H3,15,16). The Morgan fingerprint density at radius 3 is 2.74 bits per heavy atom. The van der Waals surface area contributed by atoms with Crippen LogP contribution in [0.25, 0.3) is 0 Å². The maximum Gasteiger partial charge on any atom is 0.122 e. The number of likely N-dealkylation sites (tertiary alicyclic amines) is 1. The van der Waals surface area contributed by atoms with Gasteiger partial charge in [0.05, 0.1) is 18.6 Å². The first-order valence-corrected chi connectivity index (χ1v) is 6.66. The lowest BCUT2D eigenvalue weighted by atomic mass is 9.96. The Hall–Kier alpha value is -1.62. The molecule has 0 unspecified atom stereocenters. The fourth-order valence-corrected chi connectivity index (χ4v) is 2.53. The van der Waals surface area contributed by atoms with Gasteiger partial charge in [0.1, 0.15) is 5.75 Å². The maximum atomic E-state index is 7.49. The quantitative estimate of drug-likeness (QED) is 0.637. The average Bonchev–Trinajstić information content (AvgIpc) is 2.38. The van der Waals surface area contributed by atoms with Gasteiger partial charge in [-0.3, -0.25) is 15.3 Å². The van der Waals surface area contributed by atoms with Crippen molar-refractivity contribution < 1.29 is 4.74 Å². The Bertz CT molecular complexity index is 453. The van der Waals surface area contributed by atoms with Crippen LogP contribution in [0.2, 0.25) is 0 Å². The zero-order valence-corrected chi connectivity index (χ0v) is 11.6. The van der Waals surface area contributed by atoms with Crippen LogP contribution in [-0.2, 0) is 6.54 Å². The first-order valence-electron chi connectivity index (χ1n) is 6.66. The van der Waals surface area contributed by atoms with Gasteiger partial charge in [-0.15, -0.1) is 0 Å². The summed E-state index contributed by atoms with van der Waals surface area (Å²) in [5, 5.41) is 7.49. The monoisotopic (exact) mass is 262 g/mol. The molecule has 0 bridgehead atoms. The molecule has 5 nitrogen and oxygen atoms in total. The first kappa shape index (κ1) is 13.8. The molecule has 1 aliphatic heterocycles. The van der Waals surface area contributed by atoms with Gasteiger partial charge in [-0.1, -0.05) is 0 Å². The van der Waals surface area contributed by atoms with Crippen LogP contribution >= 0.6 is 0 Å². The van der Waals surface area contributed by atoms with Crippen LogP contribution in [-0.4, -0.2) is 35.9 Å². The van der Waals surface area contributed by atoms with Gasteiger partial charge >= 0.3 is 0 Å². The van der Waals surface area contributed by atoms with Crippen LogP contribution < -0.4 is 10.5 Å². The molecule has 5 heteroatoms. The minimum atomic E-state index is 0.260. The molecule has 3 N–H and O–H groups in total. The second kappa shape index (κ2) is 6.02. The predicted molar refractivity (Wildman–Crippen MR) is 75.4 cm³/mol.